The highest BCUT2D eigenvalue weighted by molar-refractivity contribution is 7.90. The average molecular weight is 310 g/mol. The van der Waals surface area contributed by atoms with Gasteiger partial charge in [-0.2, -0.15) is 0 Å². The topological polar surface area (TPSA) is 69.6 Å². The zero-order valence-electron chi connectivity index (χ0n) is 12.0. The number of likely N-dealkylation sites (tertiary alicyclic amines) is 1. The maximum atomic E-state index is 12.2. The molecule has 2 aliphatic rings. The van der Waals surface area contributed by atoms with E-state index >= 15 is 0 Å². The minimum absolute atomic E-state index is 0.0527. The van der Waals surface area contributed by atoms with Gasteiger partial charge >= 0.3 is 0 Å². The number of hydrogen-bond acceptors (Lipinski definition) is 4. The lowest BCUT2D eigenvalue weighted by Crippen LogP contribution is -2.37. The van der Waals surface area contributed by atoms with Gasteiger partial charge in [0.15, 0.2) is 0 Å². The van der Waals surface area contributed by atoms with E-state index in [1.165, 1.54) is 0 Å². The predicted molar refractivity (Wildman–Crippen MR) is 81.1 cm³/mol. The first-order chi connectivity index (χ1) is 10.1. The molecular weight excluding hydrogens is 288 g/mol. The van der Waals surface area contributed by atoms with Gasteiger partial charge in [-0.25, -0.2) is 13.1 Å². The fraction of sp³-hybridized carbons (Fsp3) is 0.600. The third kappa shape index (κ3) is 3.83. The summed E-state index contributed by atoms with van der Waals surface area (Å²) in [6.07, 6.45) is 2.66. The highest BCUT2D eigenvalue weighted by atomic mass is 32.2. The Morgan fingerprint density at radius 2 is 1.81 bits per heavy atom. The number of sulfonamides is 1. The molecule has 0 aromatic heterocycles. The first-order valence-electron chi connectivity index (χ1n) is 7.49. The zero-order valence-corrected chi connectivity index (χ0v) is 12.8. The molecular formula is C15H22N2O3S. The van der Waals surface area contributed by atoms with Gasteiger partial charge in [0.25, 0.3) is 0 Å². The summed E-state index contributed by atoms with van der Waals surface area (Å²) >= 11 is 0. The van der Waals surface area contributed by atoms with Gasteiger partial charge < -0.3 is 5.11 Å². The van der Waals surface area contributed by atoms with Crippen LogP contribution < -0.4 is 4.72 Å². The lowest BCUT2D eigenvalue weighted by atomic mass is 10.1. The summed E-state index contributed by atoms with van der Waals surface area (Å²) in [6, 6.07) is 8.00. The van der Waals surface area contributed by atoms with Crippen LogP contribution in [0, 0.1) is 0 Å². The lowest BCUT2D eigenvalue weighted by Gasteiger charge is -2.16. The third-order valence-corrected chi connectivity index (χ3v) is 6.11. The van der Waals surface area contributed by atoms with Crippen molar-refractivity contribution >= 4 is 10.0 Å². The van der Waals surface area contributed by atoms with Gasteiger partial charge in [-0.3, -0.25) is 4.90 Å². The van der Waals surface area contributed by atoms with Gasteiger partial charge in [0.2, 0.25) is 10.0 Å². The van der Waals surface area contributed by atoms with E-state index in [4.69, 9.17) is 5.11 Å². The van der Waals surface area contributed by atoms with Crippen LogP contribution in [0.15, 0.2) is 24.3 Å². The third-order valence-electron chi connectivity index (χ3n) is 4.19. The van der Waals surface area contributed by atoms with Crippen molar-refractivity contribution in [2.24, 2.45) is 0 Å². The molecule has 0 spiro atoms. The Hall–Kier alpha value is -0.950. The van der Waals surface area contributed by atoms with Crippen LogP contribution in [0.3, 0.4) is 0 Å². The van der Waals surface area contributed by atoms with E-state index in [1.807, 2.05) is 24.3 Å². The summed E-state index contributed by atoms with van der Waals surface area (Å²) in [7, 11) is -3.16. The largest absolute Gasteiger partial charge is 0.392 e. The second-order valence-corrected chi connectivity index (χ2v) is 8.05. The fourth-order valence-electron chi connectivity index (χ4n) is 2.73. The van der Waals surface area contributed by atoms with Crippen molar-refractivity contribution in [2.45, 2.75) is 43.7 Å². The maximum absolute atomic E-state index is 12.2. The van der Waals surface area contributed by atoms with Crippen LogP contribution in [0.2, 0.25) is 0 Å². The molecule has 2 N–H and O–H groups in total. The second kappa shape index (κ2) is 6.04. The van der Waals surface area contributed by atoms with E-state index in [2.05, 4.69) is 9.62 Å². The van der Waals surface area contributed by atoms with Crippen LogP contribution >= 0.6 is 0 Å². The molecule has 1 atom stereocenters. The van der Waals surface area contributed by atoms with Crippen molar-refractivity contribution in [2.75, 3.05) is 13.1 Å². The van der Waals surface area contributed by atoms with Crippen molar-refractivity contribution in [3.05, 3.63) is 35.4 Å². The van der Waals surface area contributed by atoms with Crippen LogP contribution in [0.25, 0.3) is 0 Å². The van der Waals surface area contributed by atoms with Crippen LogP contribution in [-0.2, 0) is 23.2 Å². The summed E-state index contributed by atoms with van der Waals surface area (Å²) in [6.45, 7) is 2.24. The molecule has 1 aliphatic carbocycles. The fourth-order valence-corrected chi connectivity index (χ4v) is 4.45. The van der Waals surface area contributed by atoms with Gasteiger partial charge in [0.05, 0.1) is 11.9 Å². The second-order valence-electron chi connectivity index (χ2n) is 6.06. The zero-order chi connectivity index (χ0) is 14.9. The molecule has 0 amide bonds. The standard InChI is InChI=1S/C15H22N2O3S/c18-11-13-3-1-12(2-4-13)9-17-8-7-15(10-17)21(19,20)16-14-5-6-14/h1-4,14-16,18H,5-11H2. The number of rotatable bonds is 6. The molecule has 3 rings (SSSR count). The summed E-state index contributed by atoms with van der Waals surface area (Å²) < 4.78 is 27.2. The normalized spacial score (nSPS) is 23.6. The van der Waals surface area contributed by atoms with Crippen molar-refractivity contribution in [3.63, 3.8) is 0 Å². The number of benzene rings is 1. The molecule has 1 saturated carbocycles. The molecule has 0 bridgehead atoms. The monoisotopic (exact) mass is 310 g/mol. The molecule has 1 heterocycles. The Labute approximate surface area is 126 Å². The molecule has 21 heavy (non-hydrogen) atoms. The van der Waals surface area contributed by atoms with E-state index < -0.39 is 10.0 Å². The van der Waals surface area contributed by atoms with E-state index in [-0.39, 0.29) is 17.9 Å². The maximum Gasteiger partial charge on any atom is 0.216 e. The smallest absolute Gasteiger partial charge is 0.216 e. The molecule has 1 aromatic carbocycles. The van der Waals surface area contributed by atoms with Gasteiger partial charge in [-0.15, -0.1) is 0 Å². The SMILES string of the molecule is O=S(=O)(NC1CC1)C1CCN(Cc2ccc(CO)cc2)C1. The quantitative estimate of drug-likeness (QED) is 0.817. The van der Waals surface area contributed by atoms with E-state index in [0.717, 1.165) is 37.1 Å². The number of hydrogen-bond donors (Lipinski definition) is 2. The average Bonchev–Trinajstić information content (AvgIpc) is 3.13. The Morgan fingerprint density at radius 3 is 2.43 bits per heavy atom. The molecule has 1 saturated heterocycles. The highest BCUT2D eigenvalue weighted by Crippen LogP contribution is 2.24. The molecule has 1 aromatic rings. The molecule has 1 aliphatic heterocycles. The van der Waals surface area contributed by atoms with Gasteiger partial charge in [-0.05, 0) is 36.9 Å². The number of nitrogens with zero attached hydrogens (tertiary/aromatic N) is 1. The Kier molecular flexibility index (Phi) is 4.31. The number of aliphatic hydroxyl groups excluding tert-OH is 1. The summed E-state index contributed by atoms with van der Waals surface area (Å²) in [4.78, 5) is 2.19. The minimum Gasteiger partial charge on any atom is -0.392 e. The van der Waals surface area contributed by atoms with E-state index in [9.17, 15) is 8.42 Å². The van der Waals surface area contributed by atoms with E-state index in [0.29, 0.717) is 13.0 Å². The highest BCUT2D eigenvalue weighted by Gasteiger charge is 2.36. The summed E-state index contributed by atoms with van der Waals surface area (Å²) in [5.41, 5.74) is 2.05. The summed E-state index contributed by atoms with van der Waals surface area (Å²) in [5, 5.41) is 8.75. The van der Waals surface area contributed by atoms with Crippen molar-refractivity contribution < 1.29 is 13.5 Å². The van der Waals surface area contributed by atoms with Crippen molar-refractivity contribution in [1.29, 1.82) is 0 Å². The molecule has 2 fully saturated rings. The Balaban J connectivity index is 1.56. The van der Waals surface area contributed by atoms with Crippen LogP contribution in [0.1, 0.15) is 30.4 Å². The predicted octanol–water partition coefficient (Wildman–Crippen LogP) is 0.835. The van der Waals surface area contributed by atoms with Gasteiger partial charge in [0, 0.05) is 19.1 Å². The number of aliphatic hydroxyl groups is 1. The molecule has 1 unspecified atom stereocenters. The summed E-state index contributed by atoms with van der Waals surface area (Å²) in [5.74, 6) is 0. The van der Waals surface area contributed by atoms with Crippen LogP contribution in [-0.4, -0.2) is 42.8 Å². The molecule has 6 heteroatoms. The molecule has 116 valence electrons. The van der Waals surface area contributed by atoms with Gasteiger partial charge in [-0.1, -0.05) is 24.3 Å². The first-order valence-corrected chi connectivity index (χ1v) is 9.03. The molecule has 5 nitrogen and oxygen atoms in total. The first kappa shape index (κ1) is 15.0. The van der Waals surface area contributed by atoms with Crippen molar-refractivity contribution in [1.82, 2.24) is 9.62 Å². The van der Waals surface area contributed by atoms with Crippen LogP contribution in [0.5, 0.6) is 0 Å². The Bertz CT molecular complexity index is 581. The molecule has 0 radical (unpaired) electrons. The van der Waals surface area contributed by atoms with Crippen molar-refractivity contribution in [3.8, 4) is 0 Å². The Morgan fingerprint density at radius 1 is 1.14 bits per heavy atom. The van der Waals surface area contributed by atoms with Crippen LogP contribution in [0.4, 0.5) is 0 Å². The number of nitrogens with one attached hydrogen (secondary N) is 1. The minimum atomic E-state index is -3.16. The van der Waals surface area contributed by atoms with Gasteiger partial charge in [0.1, 0.15) is 0 Å². The van der Waals surface area contributed by atoms with E-state index in [1.54, 1.807) is 0 Å². The lowest BCUT2D eigenvalue weighted by molar-refractivity contribution is 0.281.